The Balaban J connectivity index is 1.35. The molecule has 0 saturated carbocycles. The molecule has 1 N–H and O–H groups in total. The molecule has 3 aromatic rings. The quantitative estimate of drug-likeness (QED) is 0.620. The fraction of sp³-hybridized carbons (Fsp3) is 0.250. The van der Waals surface area contributed by atoms with Crippen LogP contribution in [0.3, 0.4) is 0 Å². The van der Waals surface area contributed by atoms with Gasteiger partial charge in [-0.25, -0.2) is 0 Å². The molecule has 2 aliphatic rings. The van der Waals surface area contributed by atoms with E-state index in [1.807, 2.05) is 47.4 Å². The van der Waals surface area contributed by atoms with E-state index in [1.165, 1.54) is 0 Å². The zero-order valence-corrected chi connectivity index (χ0v) is 18.0. The Hall–Kier alpha value is -3.45. The van der Waals surface area contributed by atoms with Crippen LogP contribution >= 0.6 is 11.6 Å². The Bertz CT molecular complexity index is 1220. The van der Waals surface area contributed by atoms with Gasteiger partial charge in [0.05, 0.1) is 17.5 Å². The van der Waals surface area contributed by atoms with Crippen LogP contribution in [0.4, 0.5) is 0 Å². The molecule has 1 unspecified atom stereocenters. The molecular weight excluding hydrogens is 428 g/mol. The summed E-state index contributed by atoms with van der Waals surface area (Å²) in [5.41, 5.74) is 4.13. The summed E-state index contributed by atoms with van der Waals surface area (Å²) < 4.78 is 1.74. The van der Waals surface area contributed by atoms with Crippen LogP contribution in [0.2, 0.25) is 5.02 Å². The molecule has 1 saturated heterocycles. The average molecular weight is 449 g/mol. The van der Waals surface area contributed by atoms with Gasteiger partial charge < -0.3 is 4.90 Å². The first kappa shape index (κ1) is 20.5. The minimum atomic E-state index is -0.432. The van der Waals surface area contributed by atoms with Crippen LogP contribution in [0.1, 0.15) is 40.4 Å². The van der Waals surface area contributed by atoms with E-state index in [-0.39, 0.29) is 17.7 Å². The zero-order chi connectivity index (χ0) is 22.2. The van der Waals surface area contributed by atoms with Gasteiger partial charge in [-0.1, -0.05) is 54.1 Å². The summed E-state index contributed by atoms with van der Waals surface area (Å²) in [7, 11) is 0. The number of halogens is 1. The van der Waals surface area contributed by atoms with Crippen LogP contribution < -0.4 is 5.32 Å². The van der Waals surface area contributed by atoms with Gasteiger partial charge in [-0.05, 0) is 29.2 Å². The van der Waals surface area contributed by atoms with Crippen molar-refractivity contribution >= 4 is 29.3 Å². The fourth-order valence-corrected chi connectivity index (χ4v) is 4.73. The number of nitrogens with one attached hydrogen (secondary N) is 1. The van der Waals surface area contributed by atoms with Crippen LogP contribution in [-0.4, -0.2) is 38.9 Å². The molecule has 2 aliphatic heterocycles. The molecule has 3 heterocycles. The highest BCUT2D eigenvalue weighted by Crippen LogP contribution is 2.37. The van der Waals surface area contributed by atoms with Crippen molar-refractivity contribution in [2.24, 2.45) is 0 Å². The average Bonchev–Trinajstić information content (AvgIpc) is 3.27. The molecule has 1 fully saturated rings. The van der Waals surface area contributed by atoms with Crippen molar-refractivity contribution in [3.8, 4) is 11.1 Å². The molecule has 0 radical (unpaired) electrons. The maximum Gasteiger partial charge on any atom is 0.272 e. The molecular formula is C24H21ClN4O3. The topological polar surface area (TPSA) is 84.3 Å². The number of aromatic nitrogens is 2. The van der Waals surface area contributed by atoms with Crippen molar-refractivity contribution in [3.05, 3.63) is 76.6 Å². The first-order valence-electron chi connectivity index (χ1n) is 10.5. The summed E-state index contributed by atoms with van der Waals surface area (Å²) in [6, 6.07) is 15.3. The second kappa shape index (κ2) is 8.24. The van der Waals surface area contributed by atoms with Gasteiger partial charge >= 0.3 is 0 Å². The molecule has 1 atom stereocenters. The summed E-state index contributed by atoms with van der Waals surface area (Å²) >= 11 is 6.70. The summed E-state index contributed by atoms with van der Waals surface area (Å²) in [6.45, 7) is 1.83. The van der Waals surface area contributed by atoms with Crippen LogP contribution in [0.15, 0.2) is 54.7 Å². The summed E-state index contributed by atoms with van der Waals surface area (Å²) in [4.78, 5) is 38.2. The van der Waals surface area contributed by atoms with E-state index in [0.29, 0.717) is 43.2 Å². The third kappa shape index (κ3) is 3.69. The maximum absolute atomic E-state index is 12.6. The van der Waals surface area contributed by atoms with E-state index in [4.69, 9.17) is 11.6 Å². The Morgan fingerprint density at radius 1 is 1.03 bits per heavy atom. The number of nitrogens with zero attached hydrogens (tertiary/aromatic N) is 3. The molecule has 5 rings (SSSR count). The van der Waals surface area contributed by atoms with E-state index in [0.717, 1.165) is 22.3 Å². The first-order valence-corrected chi connectivity index (χ1v) is 10.9. The number of piperidine rings is 1. The van der Waals surface area contributed by atoms with Gasteiger partial charge in [0.25, 0.3) is 5.91 Å². The van der Waals surface area contributed by atoms with E-state index < -0.39 is 5.92 Å². The molecule has 0 aliphatic carbocycles. The minimum Gasteiger partial charge on any atom is -0.331 e. The SMILES string of the molecule is O=C1CCC(c2cccc(-c3ccc(CN4CCn5nccc5C4=O)cc3)c2Cl)C(=O)N1. The highest BCUT2D eigenvalue weighted by molar-refractivity contribution is 6.34. The van der Waals surface area contributed by atoms with Gasteiger partial charge in [-0.3, -0.25) is 24.4 Å². The Labute approximate surface area is 190 Å². The van der Waals surface area contributed by atoms with Crippen molar-refractivity contribution in [1.29, 1.82) is 0 Å². The standard InChI is InChI=1S/C24H21ClN4O3/c25-22-17(2-1-3-18(22)19-8-9-21(30)27-23(19)31)16-6-4-15(5-7-16)14-28-12-13-29-20(24(28)32)10-11-26-29/h1-7,10-11,19H,8-9,12-14H2,(H,27,30,31). The van der Waals surface area contributed by atoms with Crippen LogP contribution in [-0.2, 0) is 22.7 Å². The predicted octanol–water partition coefficient (Wildman–Crippen LogP) is 3.38. The Morgan fingerprint density at radius 2 is 1.84 bits per heavy atom. The highest BCUT2D eigenvalue weighted by atomic mass is 35.5. The smallest absolute Gasteiger partial charge is 0.272 e. The monoisotopic (exact) mass is 448 g/mol. The number of carbonyl (C=O) groups excluding carboxylic acids is 3. The maximum atomic E-state index is 12.6. The third-order valence-electron chi connectivity index (χ3n) is 6.09. The molecule has 8 heteroatoms. The lowest BCUT2D eigenvalue weighted by molar-refractivity contribution is -0.134. The van der Waals surface area contributed by atoms with E-state index in [9.17, 15) is 14.4 Å². The Morgan fingerprint density at radius 3 is 2.62 bits per heavy atom. The van der Waals surface area contributed by atoms with E-state index in [2.05, 4.69) is 10.4 Å². The fourth-order valence-electron chi connectivity index (χ4n) is 4.36. The van der Waals surface area contributed by atoms with Crippen LogP contribution in [0.5, 0.6) is 0 Å². The number of hydrogen-bond donors (Lipinski definition) is 1. The van der Waals surface area contributed by atoms with Crippen LogP contribution in [0.25, 0.3) is 11.1 Å². The van der Waals surface area contributed by atoms with Gasteiger partial charge in [-0.15, -0.1) is 0 Å². The van der Waals surface area contributed by atoms with Gasteiger partial charge in [0.1, 0.15) is 5.69 Å². The number of benzene rings is 2. The molecule has 7 nitrogen and oxygen atoms in total. The second-order valence-corrected chi connectivity index (χ2v) is 8.45. The number of imide groups is 1. The normalized spacial score (nSPS) is 18.5. The number of fused-ring (bicyclic) bond motifs is 1. The summed E-state index contributed by atoms with van der Waals surface area (Å²) in [5, 5.41) is 7.08. The lowest BCUT2D eigenvalue weighted by Crippen LogP contribution is -2.39. The lowest BCUT2D eigenvalue weighted by Gasteiger charge is -2.27. The van der Waals surface area contributed by atoms with Crippen molar-refractivity contribution in [2.75, 3.05) is 6.54 Å². The molecule has 1 aromatic heterocycles. The van der Waals surface area contributed by atoms with Crippen molar-refractivity contribution in [1.82, 2.24) is 20.0 Å². The number of amides is 3. The Kier molecular flexibility index (Phi) is 5.27. The third-order valence-corrected chi connectivity index (χ3v) is 6.51. The number of hydrogen-bond acceptors (Lipinski definition) is 4. The lowest BCUT2D eigenvalue weighted by atomic mass is 9.88. The van der Waals surface area contributed by atoms with E-state index >= 15 is 0 Å². The predicted molar refractivity (Wildman–Crippen MR) is 119 cm³/mol. The molecule has 2 aromatic carbocycles. The van der Waals surface area contributed by atoms with Gasteiger partial charge in [-0.2, -0.15) is 5.10 Å². The summed E-state index contributed by atoms with van der Waals surface area (Å²) in [6.07, 6.45) is 2.41. The van der Waals surface area contributed by atoms with Crippen LogP contribution in [0, 0.1) is 0 Å². The van der Waals surface area contributed by atoms with Gasteiger partial charge in [0, 0.05) is 31.3 Å². The zero-order valence-electron chi connectivity index (χ0n) is 17.3. The minimum absolute atomic E-state index is 0.0159. The van der Waals surface area contributed by atoms with Gasteiger partial charge in [0.15, 0.2) is 0 Å². The first-order chi connectivity index (χ1) is 15.5. The molecule has 32 heavy (non-hydrogen) atoms. The highest BCUT2D eigenvalue weighted by Gasteiger charge is 2.30. The van der Waals surface area contributed by atoms with Crippen molar-refractivity contribution in [2.45, 2.75) is 31.8 Å². The largest absolute Gasteiger partial charge is 0.331 e. The van der Waals surface area contributed by atoms with Crippen molar-refractivity contribution < 1.29 is 14.4 Å². The van der Waals surface area contributed by atoms with Gasteiger partial charge in [0.2, 0.25) is 11.8 Å². The summed E-state index contributed by atoms with van der Waals surface area (Å²) in [5.74, 6) is -0.996. The van der Waals surface area contributed by atoms with Crippen molar-refractivity contribution in [3.63, 3.8) is 0 Å². The second-order valence-electron chi connectivity index (χ2n) is 8.08. The molecule has 0 spiro atoms. The molecule has 162 valence electrons. The number of carbonyl (C=O) groups is 3. The van der Waals surface area contributed by atoms with E-state index in [1.54, 1.807) is 16.9 Å². The number of rotatable bonds is 4. The molecule has 0 bridgehead atoms. The molecule has 3 amide bonds.